The van der Waals surface area contributed by atoms with Crippen molar-refractivity contribution in [3.05, 3.63) is 36.0 Å². The van der Waals surface area contributed by atoms with Crippen molar-refractivity contribution < 1.29 is 29.1 Å². The summed E-state index contributed by atoms with van der Waals surface area (Å²) >= 11 is 0. The number of para-hydroxylation sites is 1. The summed E-state index contributed by atoms with van der Waals surface area (Å²) in [5.74, 6) is -4.22. The van der Waals surface area contributed by atoms with Crippen LogP contribution in [0.3, 0.4) is 0 Å². The highest BCUT2D eigenvalue weighted by Gasteiger charge is 2.39. The number of nitrogens with two attached hydrogens (primary N) is 4. The van der Waals surface area contributed by atoms with E-state index >= 15 is 0 Å². The molecule has 2 heterocycles. The molecule has 12 N–H and O–H groups in total. The van der Waals surface area contributed by atoms with Crippen molar-refractivity contribution in [2.24, 2.45) is 27.9 Å². The van der Waals surface area contributed by atoms with Gasteiger partial charge in [0.1, 0.15) is 18.1 Å². The molecule has 0 bridgehead atoms. The van der Waals surface area contributed by atoms with E-state index in [1.807, 2.05) is 24.3 Å². The van der Waals surface area contributed by atoms with E-state index in [4.69, 9.17) is 22.9 Å². The smallest absolute Gasteiger partial charge is 0.326 e. The van der Waals surface area contributed by atoms with Crippen LogP contribution in [0, 0.1) is 0 Å². The summed E-state index contributed by atoms with van der Waals surface area (Å²) in [4.78, 5) is 71.1. The molecule has 3 rings (SSSR count). The second-order valence-corrected chi connectivity index (χ2v) is 9.94. The number of benzene rings is 1. The number of amides is 4. The third-order valence-electron chi connectivity index (χ3n) is 6.87. The number of carboxylic acids is 1. The summed E-state index contributed by atoms with van der Waals surface area (Å²) < 4.78 is 0. The van der Waals surface area contributed by atoms with Gasteiger partial charge < -0.3 is 48.6 Å². The van der Waals surface area contributed by atoms with Gasteiger partial charge in [0.2, 0.25) is 23.6 Å². The minimum atomic E-state index is -1.35. The lowest BCUT2D eigenvalue weighted by Crippen LogP contribution is -2.57. The fourth-order valence-corrected chi connectivity index (χ4v) is 4.84. The Morgan fingerprint density at radius 2 is 1.83 bits per heavy atom. The molecule has 0 saturated carbocycles. The third-order valence-corrected chi connectivity index (χ3v) is 6.87. The van der Waals surface area contributed by atoms with Crippen LogP contribution in [0.25, 0.3) is 10.9 Å². The maximum atomic E-state index is 13.5. The number of nitrogens with zero attached hydrogens (tertiary/aromatic N) is 2. The molecule has 222 valence electrons. The number of nitrogens with one attached hydrogen (secondary N) is 3. The average molecular weight is 572 g/mol. The molecule has 2 aromatic rings. The van der Waals surface area contributed by atoms with E-state index in [1.54, 1.807) is 6.20 Å². The minimum absolute atomic E-state index is 0.0627. The van der Waals surface area contributed by atoms with Crippen LogP contribution in [0.2, 0.25) is 0 Å². The fourth-order valence-electron chi connectivity index (χ4n) is 4.84. The van der Waals surface area contributed by atoms with E-state index in [2.05, 4.69) is 20.6 Å². The molecule has 1 aliphatic rings. The standard InChI is InChI=1S/C26H37N9O6/c27-16(11-14-13-32-17-6-2-1-5-15(14)17)22(37)34-19(12-21(28)36)24(39)35-10-4-8-20(35)23(38)33-18(25(40)41)7-3-9-31-26(29)30/h1-2,5-6,13,16,18-20,32H,3-4,7-12,27H2,(H2,28,36)(H,33,38)(H,34,37)(H,40,41)(H4,29,30,31). The Bertz CT molecular complexity index is 1310. The second kappa shape index (κ2) is 14.1. The molecule has 4 atom stereocenters. The van der Waals surface area contributed by atoms with E-state index in [-0.39, 0.29) is 38.3 Å². The zero-order valence-corrected chi connectivity index (χ0v) is 22.5. The van der Waals surface area contributed by atoms with Crippen molar-refractivity contribution in [1.29, 1.82) is 0 Å². The average Bonchev–Trinajstić information content (AvgIpc) is 3.57. The summed E-state index contributed by atoms with van der Waals surface area (Å²) in [6.45, 7) is 0.360. The van der Waals surface area contributed by atoms with Crippen LogP contribution >= 0.6 is 0 Å². The molecule has 15 nitrogen and oxygen atoms in total. The van der Waals surface area contributed by atoms with E-state index < -0.39 is 60.2 Å². The molecule has 15 heteroatoms. The van der Waals surface area contributed by atoms with Gasteiger partial charge in [-0.1, -0.05) is 18.2 Å². The van der Waals surface area contributed by atoms with Crippen LogP contribution in [0.5, 0.6) is 0 Å². The summed E-state index contributed by atoms with van der Waals surface area (Å²) in [7, 11) is 0. The number of hydrogen-bond acceptors (Lipinski definition) is 7. The lowest BCUT2D eigenvalue weighted by atomic mass is 10.0. The van der Waals surface area contributed by atoms with Gasteiger partial charge in [-0.05, 0) is 43.7 Å². The van der Waals surface area contributed by atoms with Gasteiger partial charge in [-0.25, -0.2) is 4.79 Å². The maximum Gasteiger partial charge on any atom is 0.326 e. The lowest BCUT2D eigenvalue weighted by molar-refractivity contribution is -0.145. The number of aliphatic imine (C=N–C) groups is 1. The zero-order valence-electron chi connectivity index (χ0n) is 22.5. The van der Waals surface area contributed by atoms with E-state index in [9.17, 15) is 29.1 Å². The largest absolute Gasteiger partial charge is 0.480 e. The quantitative estimate of drug-likeness (QED) is 0.0707. The van der Waals surface area contributed by atoms with Crippen LogP contribution < -0.4 is 33.6 Å². The minimum Gasteiger partial charge on any atom is -0.480 e. The van der Waals surface area contributed by atoms with Crippen molar-refractivity contribution in [3.63, 3.8) is 0 Å². The lowest BCUT2D eigenvalue weighted by Gasteiger charge is -2.29. The van der Waals surface area contributed by atoms with Gasteiger partial charge in [0, 0.05) is 30.2 Å². The number of carboxylic acid groups (broad SMARTS) is 1. The van der Waals surface area contributed by atoms with Crippen molar-refractivity contribution >= 4 is 46.5 Å². The summed E-state index contributed by atoms with van der Waals surface area (Å²) in [5.41, 5.74) is 23.7. The third kappa shape index (κ3) is 8.41. The van der Waals surface area contributed by atoms with Crippen LogP contribution in [-0.2, 0) is 30.4 Å². The van der Waals surface area contributed by atoms with Crippen LogP contribution in [0.1, 0.15) is 37.7 Å². The first kappa shape index (κ1) is 30.9. The van der Waals surface area contributed by atoms with Crippen molar-refractivity contribution in [2.45, 2.75) is 62.7 Å². The molecular weight excluding hydrogens is 534 g/mol. The summed E-state index contributed by atoms with van der Waals surface area (Å²) in [6, 6.07) is 2.91. The Kier molecular flexibility index (Phi) is 10.6. The highest BCUT2D eigenvalue weighted by atomic mass is 16.4. The highest BCUT2D eigenvalue weighted by Crippen LogP contribution is 2.21. The van der Waals surface area contributed by atoms with Crippen molar-refractivity contribution in [3.8, 4) is 0 Å². The number of aromatic amines is 1. The molecule has 41 heavy (non-hydrogen) atoms. The van der Waals surface area contributed by atoms with Gasteiger partial charge >= 0.3 is 5.97 Å². The topological polar surface area (TPSA) is 265 Å². The molecule has 4 amide bonds. The molecule has 0 aliphatic carbocycles. The molecule has 1 aromatic heterocycles. The first-order chi connectivity index (χ1) is 19.5. The number of likely N-dealkylation sites (tertiary alicyclic amines) is 1. The predicted molar refractivity (Wildman–Crippen MR) is 150 cm³/mol. The van der Waals surface area contributed by atoms with Gasteiger partial charge in [-0.3, -0.25) is 24.2 Å². The van der Waals surface area contributed by atoms with Crippen LogP contribution in [0.15, 0.2) is 35.5 Å². The SMILES string of the molecule is NC(=O)CC(NC(=O)C(N)Cc1c[nH]c2ccccc12)C(=O)N1CCCC1C(=O)NC(CCCN=C(N)N)C(=O)O. The van der Waals surface area contributed by atoms with Crippen LogP contribution in [0.4, 0.5) is 0 Å². The number of H-pyrrole nitrogens is 1. The van der Waals surface area contributed by atoms with Gasteiger partial charge in [0.15, 0.2) is 5.96 Å². The van der Waals surface area contributed by atoms with Crippen molar-refractivity contribution in [1.82, 2.24) is 20.5 Å². The molecule has 1 fully saturated rings. The molecule has 1 aromatic carbocycles. The Balaban J connectivity index is 1.66. The van der Waals surface area contributed by atoms with E-state index in [1.165, 1.54) is 4.90 Å². The van der Waals surface area contributed by atoms with Crippen LogP contribution in [-0.4, -0.2) is 87.8 Å². The van der Waals surface area contributed by atoms with Crippen molar-refractivity contribution in [2.75, 3.05) is 13.1 Å². The number of aliphatic carboxylic acids is 1. The molecule has 1 aliphatic heterocycles. The number of fused-ring (bicyclic) bond motifs is 1. The van der Waals surface area contributed by atoms with Gasteiger partial charge in [0.25, 0.3) is 0 Å². The first-order valence-corrected chi connectivity index (χ1v) is 13.3. The number of aromatic nitrogens is 1. The number of hydrogen-bond donors (Lipinski definition) is 8. The summed E-state index contributed by atoms with van der Waals surface area (Å²) in [6.07, 6.45) is 2.52. The monoisotopic (exact) mass is 571 g/mol. The Morgan fingerprint density at radius 3 is 2.51 bits per heavy atom. The number of carbonyl (C=O) groups is 5. The number of carbonyl (C=O) groups excluding carboxylic acids is 4. The highest BCUT2D eigenvalue weighted by molar-refractivity contribution is 5.96. The Hall–Kier alpha value is -4.66. The number of guanidine groups is 1. The molecule has 1 saturated heterocycles. The maximum absolute atomic E-state index is 13.5. The zero-order chi connectivity index (χ0) is 30.1. The van der Waals surface area contributed by atoms with Gasteiger partial charge in [-0.15, -0.1) is 0 Å². The van der Waals surface area contributed by atoms with Gasteiger partial charge in [-0.2, -0.15) is 0 Å². The molecule has 0 radical (unpaired) electrons. The number of primary amides is 1. The van der Waals surface area contributed by atoms with E-state index in [0.29, 0.717) is 12.8 Å². The molecular formula is C26H37N9O6. The number of rotatable bonds is 14. The van der Waals surface area contributed by atoms with Gasteiger partial charge in [0.05, 0.1) is 12.5 Å². The predicted octanol–water partition coefficient (Wildman–Crippen LogP) is -1.99. The molecule has 0 spiro atoms. The Labute approximate surface area is 236 Å². The Morgan fingerprint density at radius 1 is 1.10 bits per heavy atom. The molecule has 4 unspecified atom stereocenters. The fraction of sp³-hybridized carbons (Fsp3) is 0.462. The second-order valence-electron chi connectivity index (χ2n) is 9.94. The van der Waals surface area contributed by atoms with E-state index in [0.717, 1.165) is 16.5 Å². The first-order valence-electron chi connectivity index (χ1n) is 13.3. The summed E-state index contributed by atoms with van der Waals surface area (Å²) in [5, 5.41) is 15.4. The normalized spacial score (nSPS) is 16.9.